The summed E-state index contributed by atoms with van der Waals surface area (Å²) in [6.45, 7) is 5.52. The summed E-state index contributed by atoms with van der Waals surface area (Å²) in [6, 6.07) is 10.8. The SMILES string of the molecule is CCOC(=O)COc1ccc(/C=C2\C(=O)NC(=O)N(c3ccccc3C)C2=O)cc1OCC. The minimum absolute atomic E-state index is 0.208. The van der Waals surface area contributed by atoms with Crippen LogP contribution in [0.5, 0.6) is 11.5 Å². The molecule has 0 radical (unpaired) electrons. The van der Waals surface area contributed by atoms with E-state index in [1.165, 1.54) is 6.08 Å². The molecule has 0 unspecified atom stereocenters. The van der Waals surface area contributed by atoms with Gasteiger partial charge in [-0.25, -0.2) is 14.5 Å². The molecule has 1 aliphatic rings. The molecule has 1 aliphatic heterocycles. The first kappa shape index (κ1) is 23.5. The van der Waals surface area contributed by atoms with Gasteiger partial charge in [0.05, 0.1) is 18.9 Å². The summed E-state index contributed by atoms with van der Waals surface area (Å²) in [7, 11) is 0. The molecule has 9 heteroatoms. The molecular formula is C24H24N2O7. The van der Waals surface area contributed by atoms with Gasteiger partial charge in [-0.2, -0.15) is 0 Å². The standard InChI is InChI=1S/C24H24N2O7/c1-4-31-20-13-16(10-11-19(20)33-14-21(27)32-5-2)12-17-22(28)25-24(30)26(23(17)29)18-9-7-6-8-15(18)3/h6-13H,4-5,14H2,1-3H3,(H,25,28,30)/b17-12+. The van der Waals surface area contributed by atoms with Crippen LogP contribution in [0.2, 0.25) is 0 Å². The van der Waals surface area contributed by atoms with Crippen molar-refractivity contribution in [3.63, 3.8) is 0 Å². The summed E-state index contributed by atoms with van der Waals surface area (Å²) in [5.41, 5.74) is 1.35. The number of urea groups is 1. The predicted molar refractivity (Wildman–Crippen MR) is 120 cm³/mol. The molecule has 0 aromatic heterocycles. The Labute approximate surface area is 190 Å². The lowest BCUT2D eigenvalue weighted by Crippen LogP contribution is -2.54. The number of nitrogens with zero attached hydrogens (tertiary/aromatic N) is 1. The molecule has 4 amide bonds. The van der Waals surface area contributed by atoms with E-state index < -0.39 is 23.8 Å². The number of para-hydroxylation sites is 1. The number of nitrogens with one attached hydrogen (secondary N) is 1. The maximum atomic E-state index is 13.1. The van der Waals surface area contributed by atoms with Gasteiger partial charge in [-0.05, 0) is 56.2 Å². The third-order valence-corrected chi connectivity index (χ3v) is 4.69. The number of hydrogen-bond donors (Lipinski definition) is 1. The summed E-state index contributed by atoms with van der Waals surface area (Å²) in [5, 5.41) is 2.20. The van der Waals surface area contributed by atoms with E-state index in [9.17, 15) is 19.2 Å². The van der Waals surface area contributed by atoms with Crippen molar-refractivity contribution in [1.82, 2.24) is 5.32 Å². The van der Waals surface area contributed by atoms with Gasteiger partial charge in [-0.3, -0.25) is 14.9 Å². The third kappa shape index (κ3) is 5.38. The van der Waals surface area contributed by atoms with Crippen LogP contribution in [0, 0.1) is 6.92 Å². The molecule has 2 aromatic rings. The smallest absolute Gasteiger partial charge is 0.344 e. The Hall–Kier alpha value is -4.14. The van der Waals surface area contributed by atoms with E-state index in [1.54, 1.807) is 63.2 Å². The van der Waals surface area contributed by atoms with Crippen LogP contribution in [0.1, 0.15) is 25.0 Å². The highest BCUT2D eigenvalue weighted by molar-refractivity contribution is 6.39. The van der Waals surface area contributed by atoms with Crippen molar-refractivity contribution < 1.29 is 33.4 Å². The number of benzene rings is 2. The molecule has 172 valence electrons. The average Bonchev–Trinajstić information content (AvgIpc) is 2.77. The molecule has 0 saturated carbocycles. The lowest BCUT2D eigenvalue weighted by atomic mass is 10.1. The molecular weight excluding hydrogens is 428 g/mol. The van der Waals surface area contributed by atoms with Gasteiger partial charge in [0, 0.05) is 0 Å². The van der Waals surface area contributed by atoms with Crippen LogP contribution in [0.4, 0.5) is 10.5 Å². The Balaban J connectivity index is 1.91. The van der Waals surface area contributed by atoms with Crippen molar-refractivity contribution in [1.29, 1.82) is 0 Å². The number of hydrogen-bond acceptors (Lipinski definition) is 7. The minimum atomic E-state index is -0.811. The zero-order valence-corrected chi connectivity index (χ0v) is 18.5. The van der Waals surface area contributed by atoms with Gasteiger partial charge in [0.25, 0.3) is 11.8 Å². The second-order valence-electron chi connectivity index (χ2n) is 6.98. The number of carbonyl (C=O) groups is 4. The second-order valence-corrected chi connectivity index (χ2v) is 6.98. The molecule has 0 aliphatic carbocycles. The summed E-state index contributed by atoms with van der Waals surface area (Å²) < 4.78 is 15.9. The van der Waals surface area contributed by atoms with Gasteiger partial charge in [0.2, 0.25) is 0 Å². The molecule has 0 bridgehead atoms. The molecule has 1 heterocycles. The number of carbonyl (C=O) groups excluding carboxylic acids is 4. The molecule has 1 N–H and O–H groups in total. The average molecular weight is 452 g/mol. The van der Waals surface area contributed by atoms with Gasteiger partial charge in [0.1, 0.15) is 5.57 Å². The molecule has 0 spiro atoms. The zero-order chi connectivity index (χ0) is 24.0. The van der Waals surface area contributed by atoms with Crippen molar-refractivity contribution in [2.75, 3.05) is 24.7 Å². The van der Waals surface area contributed by atoms with Gasteiger partial charge < -0.3 is 14.2 Å². The largest absolute Gasteiger partial charge is 0.490 e. The lowest BCUT2D eigenvalue weighted by molar-refractivity contribution is -0.145. The van der Waals surface area contributed by atoms with Crippen LogP contribution in [0.15, 0.2) is 48.0 Å². The van der Waals surface area contributed by atoms with E-state index in [2.05, 4.69) is 5.32 Å². The number of rotatable bonds is 8. The Morgan fingerprint density at radius 1 is 1.00 bits per heavy atom. The van der Waals surface area contributed by atoms with Gasteiger partial charge in [-0.15, -0.1) is 0 Å². The van der Waals surface area contributed by atoms with Crippen LogP contribution >= 0.6 is 0 Å². The molecule has 3 rings (SSSR count). The number of ether oxygens (including phenoxy) is 3. The summed E-state index contributed by atoms with van der Waals surface area (Å²) in [5.74, 6) is -1.42. The molecule has 0 atom stereocenters. The first-order chi connectivity index (χ1) is 15.8. The summed E-state index contributed by atoms with van der Waals surface area (Å²) in [4.78, 5) is 50.4. The number of barbiturate groups is 1. The Bertz CT molecular complexity index is 1120. The lowest BCUT2D eigenvalue weighted by Gasteiger charge is -2.27. The van der Waals surface area contributed by atoms with E-state index in [0.29, 0.717) is 34.9 Å². The highest BCUT2D eigenvalue weighted by Gasteiger charge is 2.37. The van der Waals surface area contributed by atoms with Crippen molar-refractivity contribution in [2.45, 2.75) is 20.8 Å². The number of esters is 1. The highest BCUT2D eigenvalue weighted by Crippen LogP contribution is 2.30. The maximum absolute atomic E-state index is 13.1. The van der Waals surface area contributed by atoms with Crippen LogP contribution in [-0.4, -0.2) is 43.6 Å². The van der Waals surface area contributed by atoms with Crippen LogP contribution in [0.3, 0.4) is 0 Å². The Morgan fingerprint density at radius 3 is 2.45 bits per heavy atom. The zero-order valence-electron chi connectivity index (χ0n) is 18.5. The number of aryl methyl sites for hydroxylation is 1. The quantitative estimate of drug-likeness (QED) is 0.372. The fourth-order valence-corrected chi connectivity index (χ4v) is 3.20. The Morgan fingerprint density at radius 2 is 1.76 bits per heavy atom. The summed E-state index contributed by atoms with van der Waals surface area (Å²) >= 11 is 0. The van der Waals surface area contributed by atoms with Crippen molar-refractivity contribution in [3.8, 4) is 11.5 Å². The first-order valence-corrected chi connectivity index (χ1v) is 10.4. The second kappa shape index (κ2) is 10.4. The minimum Gasteiger partial charge on any atom is -0.490 e. The Kier molecular flexibility index (Phi) is 7.45. The highest BCUT2D eigenvalue weighted by atomic mass is 16.6. The van der Waals surface area contributed by atoms with E-state index in [-0.39, 0.29) is 18.8 Å². The topological polar surface area (TPSA) is 111 Å². The number of imide groups is 2. The third-order valence-electron chi connectivity index (χ3n) is 4.69. The monoisotopic (exact) mass is 452 g/mol. The van der Waals surface area contributed by atoms with E-state index in [0.717, 1.165) is 4.90 Å². The normalized spacial score (nSPS) is 14.8. The van der Waals surface area contributed by atoms with Crippen LogP contribution < -0.4 is 19.7 Å². The van der Waals surface area contributed by atoms with Crippen molar-refractivity contribution in [3.05, 3.63) is 59.2 Å². The molecule has 2 aromatic carbocycles. The van der Waals surface area contributed by atoms with Crippen molar-refractivity contribution in [2.24, 2.45) is 0 Å². The molecule has 1 fully saturated rings. The molecule has 33 heavy (non-hydrogen) atoms. The van der Waals surface area contributed by atoms with Gasteiger partial charge in [0.15, 0.2) is 18.1 Å². The fraction of sp³-hybridized carbons (Fsp3) is 0.250. The number of amides is 4. The van der Waals surface area contributed by atoms with E-state index in [1.807, 2.05) is 0 Å². The van der Waals surface area contributed by atoms with Gasteiger partial charge >= 0.3 is 12.0 Å². The predicted octanol–water partition coefficient (Wildman–Crippen LogP) is 3.00. The molecule has 1 saturated heterocycles. The van der Waals surface area contributed by atoms with Crippen LogP contribution in [-0.2, 0) is 19.1 Å². The van der Waals surface area contributed by atoms with Crippen LogP contribution in [0.25, 0.3) is 6.08 Å². The van der Waals surface area contributed by atoms with Crippen molar-refractivity contribution >= 4 is 35.6 Å². The van der Waals surface area contributed by atoms with E-state index >= 15 is 0 Å². The van der Waals surface area contributed by atoms with Gasteiger partial charge in [-0.1, -0.05) is 24.3 Å². The number of anilines is 1. The molecule has 9 nitrogen and oxygen atoms in total. The van der Waals surface area contributed by atoms with E-state index in [4.69, 9.17) is 14.2 Å². The first-order valence-electron chi connectivity index (χ1n) is 10.4. The summed E-state index contributed by atoms with van der Waals surface area (Å²) in [6.07, 6.45) is 1.37. The maximum Gasteiger partial charge on any atom is 0.344 e. The fourth-order valence-electron chi connectivity index (χ4n) is 3.20.